The molecule has 28 heavy (non-hydrogen) atoms. The Morgan fingerprint density at radius 1 is 1.07 bits per heavy atom. The van der Waals surface area contributed by atoms with Crippen LogP contribution in [0.2, 0.25) is 0 Å². The topological polar surface area (TPSA) is 84.5 Å². The van der Waals surface area contributed by atoms with Gasteiger partial charge in [-0.1, -0.05) is 38.1 Å². The van der Waals surface area contributed by atoms with Gasteiger partial charge in [-0.2, -0.15) is 0 Å². The molecule has 0 fully saturated rings. The first kappa shape index (κ1) is 21.6. The summed E-state index contributed by atoms with van der Waals surface area (Å²) in [5.74, 6) is -0.194. The molecule has 0 aliphatic heterocycles. The van der Waals surface area contributed by atoms with Crippen LogP contribution in [0, 0.1) is 5.92 Å². The third kappa shape index (κ3) is 6.20. The van der Waals surface area contributed by atoms with Crippen LogP contribution in [0.4, 0.5) is 4.79 Å². The van der Waals surface area contributed by atoms with E-state index in [-0.39, 0.29) is 30.9 Å². The highest BCUT2D eigenvalue weighted by atomic mass is 32.1. The van der Waals surface area contributed by atoms with E-state index in [0.717, 1.165) is 0 Å². The number of thiophene rings is 1. The van der Waals surface area contributed by atoms with Crippen LogP contribution in [0.5, 0.6) is 0 Å². The Balaban J connectivity index is 2.09. The smallest absolute Gasteiger partial charge is 0.407 e. The molecule has 1 aromatic heterocycles. The van der Waals surface area contributed by atoms with E-state index >= 15 is 0 Å². The van der Waals surface area contributed by atoms with Crippen LogP contribution >= 0.6 is 11.3 Å². The normalized spacial score (nSPS) is 11.7. The summed E-state index contributed by atoms with van der Waals surface area (Å²) >= 11 is 1.34. The molecule has 0 saturated heterocycles. The van der Waals surface area contributed by atoms with Gasteiger partial charge in [0, 0.05) is 18.2 Å². The minimum Gasteiger partial charge on any atom is -0.450 e. The molecular formula is C21H26N2O4S. The lowest BCUT2D eigenvalue weighted by atomic mass is 10.0. The van der Waals surface area contributed by atoms with Gasteiger partial charge in [0.05, 0.1) is 17.0 Å². The molecular weight excluding hydrogens is 376 g/mol. The molecule has 0 aliphatic carbocycles. The van der Waals surface area contributed by atoms with Gasteiger partial charge in [0.15, 0.2) is 0 Å². The maximum absolute atomic E-state index is 12.7. The Kier molecular flexibility index (Phi) is 8.19. The van der Waals surface area contributed by atoms with Crippen LogP contribution in [0.3, 0.4) is 0 Å². The summed E-state index contributed by atoms with van der Waals surface area (Å²) in [5.41, 5.74) is 0.682. The van der Waals surface area contributed by atoms with E-state index in [1.165, 1.54) is 11.3 Å². The van der Waals surface area contributed by atoms with Gasteiger partial charge in [0.2, 0.25) is 5.78 Å². The van der Waals surface area contributed by atoms with Crippen LogP contribution in [-0.4, -0.2) is 37.0 Å². The fourth-order valence-corrected chi connectivity index (χ4v) is 3.51. The summed E-state index contributed by atoms with van der Waals surface area (Å²) in [6, 6.07) is 10.0. The van der Waals surface area contributed by atoms with Crippen molar-refractivity contribution in [2.75, 3.05) is 13.2 Å². The summed E-state index contributed by atoms with van der Waals surface area (Å²) in [5, 5.41) is 7.44. The first-order valence-electron chi connectivity index (χ1n) is 9.31. The fourth-order valence-electron chi connectivity index (χ4n) is 2.83. The molecule has 150 valence electrons. The summed E-state index contributed by atoms with van der Waals surface area (Å²) in [6.07, 6.45) is 0.185. The summed E-state index contributed by atoms with van der Waals surface area (Å²) < 4.78 is 4.93. The number of rotatable bonds is 9. The lowest BCUT2D eigenvalue weighted by Gasteiger charge is -2.21. The molecule has 1 aromatic carbocycles. The maximum atomic E-state index is 12.7. The molecule has 2 N–H and O–H groups in total. The van der Waals surface area contributed by atoms with E-state index < -0.39 is 6.09 Å². The predicted octanol–water partition coefficient (Wildman–Crippen LogP) is 3.87. The number of amides is 2. The van der Waals surface area contributed by atoms with Gasteiger partial charge in [-0.3, -0.25) is 9.59 Å². The molecule has 0 saturated carbocycles. The molecule has 2 amide bonds. The Bertz CT molecular complexity index is 802. The third-order valence-corrected chi connectivity index (χ3v) is 4.89. The number of alkyl carbamates (subject to hydrolysis) is 1. The molecule has 0 aliphatic rings. The summed E-state index contributed by atoms with van der Waals surface area (Å²) in [6.45, 7) is 6.34. The summed E-state index contributed by atoms with van der Waals surface area (Å²) in [7, 11) is 0. The first-order chi connectivity index (χ1) is 13.4. The van der Waals surface area contributed by atoms with Gasteiger partial charge in [-0.05, 0) is 36.8 Å². The number of hydrogen-bond donors (Lipinski definition) is 2. The number of hydrogen-bond acceptors (Lipinski definition) is 5. The second-order valence-electron chi connectivity index (χ2n) is 6.75. The molecule has 7 heteroatoms. The highest BCUT2D eigenvalue weighted by molar-refractivity contribution is 7.12. The first-order valence-corrected chi connectivity index (χ1v) is 10.2. The molecule has 2 rings (SSSR count). The van der Waals surface area contributed by atoms with Gasteiger partial charge in [0.1, 0.15) is 0 Å². The lowest BCUT2D eigenvalue weighted by molar-refractivity contribution is 0.0935. The average Bonchev–Trinajstić information content (AvgIpc) is 3.19. The fraction of sp³-hybridized carbons (Fsp3) is 0.381. The van der Waals surface area contributed by atoms with Crippen molar-refractivity contribution in [2.45, 2.75) is 33.2 Å². The van der Waals surface area contributed by atoms with Crippen molar-refractivity contribution in [2.24, 2.45) is 5.92 Å². The highest BCUT2D eigenvalue weighted by Crippen LogP contribution is 2.18. The quantitative estimate of drug-likeness (QED) is 0.624. The van der Waals surface area contributed by atoms with Gasteiger partial charge in [0.25, 0.3) is 5.91 Å². The minimum absolute atomic E-state index is 0.177. The van der Waals surface area contributed by atoms with Crippen LogP contribution in [0.15, 0.2) is 41.8 Å². The standard InChI is InChI=1S/C21H26N2O4S/c1-4-27-21(26)23-15(12-14(2)3)13-22-20(25)17-9-6-5-8-16(17)19(24)18-10-7-11-28-18/h5-11,14-15H,4,12-13H2,1-3H3,(H,22,25)(H,23,26). The van der Waals surface area contributed by atoms with Gasteiger partial charge in [-0.25, -0.2) is 4.79 Å². The molecule has 0 spiro atoms. The Hall–Kier alpha value is -2.67. The Morgan fingerprint density at radius 2 is 1.79 bits per heavy atom. The number of carbonyl (C=O) groups is 3. The number of ketones is 1. The molecule has 1 unspecified atom stereocenters. The monoisotopic (exact) mass is 402 g/mol. The van der Waals surface area contributed by atoms with Gasteiger partial charge < -0.3 is 15.4 Å². The molecule has 1 heterocycles. The van der Waals surface area contributed by atoms with E-state index in [1.54, 1.807) is 43.3 Å². The van der Waals surface area contributed by atoms with Crippen molar-refractivity contribution in [3.8, 4) is 0 Å². The van der Waals surface area contributed by atoms with Crippen LogP contribution in [0.1, 0.15) is 52.8 Å². The lowest BCUT2D eigenvalue weighted by Crippen LogP contribution is -2.44. The number of ether oxygens (including phenoxy) is 1. The molecule has 0 radical (unpaired) electrons. The van der Waals surface area contributed by atoms with Crippen molar-refractivity contribution in [3.63, 3.8) is 0 Å². The van der Waals surface area contributed by atoms with Crippen LogP contribution < -0.4 is 10.6 Å². The van der Waals surface area contributed by atoms with Crippen molar-refractivity contribution in [1.29, 1.82) is 0 Å². The second kappa shape index (κ2) is 10.6. The zero-order valence-corrected chi connectivity index (χ0v) is 17.2. The summed E-state index contributed by atoms with van der Waals surface area (Å²) in [4.78, 5) is 37.7. The van der Waals surface area contributed by atoms with E-state index in [2.05, 4.69) is 10.6 Å². The van der Waals surface area contributed by atoms with E-state index in [9.17, 15) is 14.4 Å². The van der Waals surface area contributed by atoms with Crippen molar-refractivity contribution in [1.82, 2.24) is 10.6 Å². The van der Waals surface area contributed by atoms with Crippen LogP contribution in [0.25, 0.3) is 0 Å². The number of carbonyl (C=O) groups excluding carboxylic acids is 3. The second-order valence-corrected chi connectivity index (χ2v) is 7.70. The zero-order chi connectivity index (χ0) is 20.5. The van der Waals surface area contributed by atoms with Crippen molar-refractivity contribution >= 4 is 29.1 Å². The highest BCUT2D eigenvalue weighted by Gasteiger charge is 2.20. The number of benzene rings is 1. The predicted molar refractivity (Wildman–Crippen MR) is 110 cm³/mol. The van der Waals surface area contributed by atoms with Crippen molar-refractivity contribution in [3.05, 3.63) is 57.8 Å². The number of nitrogens with one attached hydrogen (secondary N) is 2. The van der Waals surface area contributed by atoms with E-state index in [0.29, 0.717) is 28.3 Å². The molecule has 1 atom stereocenters. The maximum Gasteiger partial charge on any atom is 0.407 e. The average molecular weight is 403 g/mol. The third-order valence-electron chi connectivity index (χ3n) is 4.02. The minimum atomic E-state index is -0.504. The molecule has 6 nitrogen and oxygen atoms in total. The molecule has 0 bridgehead atoms. The largest absolute Gasteiger partial charge is 0.450 e. The van der Waals surface area contributed by atoms with E-state index in [4.69, 9.17) is 4.74 Å². The zero-order valence-electron chi connectivity index (χ0n) is 16.4. The van der Waals surface area contributed by atoms with Crippen LogP contribution in [-0.2, 0) is 4.74 Å². The SMILES string of the molecule is CCOC(=O)NC(CNC(=O)c1ccccc1C(=O)c1cccs1)CC(C)C. The van der Waals surface area contributed by atoms with Gasteiger partial charge >= 0.3 is 6.09 Å². The molecule has 2 aromatic rings. The van der Waals surface area contributed by atoms with Crippen molar-refractivity contribution < 1.29 is 19.1 Å². The Labute approximate surface area is 169 Å². The van der Waals surface area contributed by atoms with E-state index in [1.807, 2.05) is 19.2 Å². The Morgan fingerprint density at radius 3 is 2.39 bits per heavy atom. The van der Waals surface area contributed by atoms with Gasteiger partial charge in [-0.15, -0.1) is 11.3 Å².